The van der Waals surface area contributed by atoms with Crippen molar-refractivity contribution in [2.75, 3.05) is 37.0 Å². The van der Waals surface area contributed by atoms with Crippen molar-refractivity contribution in [3.63, 3.8) is 0 Å². The first kappa shape index (κ1) is 22.6. The third-order valence-electron chi connectivity index (χ3n) is 5.11. The highest BCUT2D eigenvalue weighted by Gasteiger charge is 2.32. The van der Waals surface area contributed by atoms with Gasteiger partial charge in [-0.3, -0.25) is 4.90 Å². The van der Waals surface area contributed by atoms with Gasteiger partial charge in [0, 0.05) is 24.8 Å². The lowest BCUT2D eigenvalue weighted by molar-refractivity contribution is 0.340. The van der Waals surface area contributed by atoms with Crippen LogP contribution in [0.3, 0.4) is 0 Å². The Morgan fingerprint density at radius 1 is 1.10 bits per heavy atom. The zero-order valence-corrected chi connectivity index (χ0v) is 18.6. The van der Waals surface area contributed by atoms with E-state index in [1.165, 1.54) is 0 Å². The monoisotopic (exact) mass is 444 g/mol. The number of benzene rings is 2. The summed E-state index contributed by atoms with van der Waals surface area (Å²) < 4.78 is 11.0. The summed E-state index contributed by atoms with van der Waals surface area (Å²) in [6.07, 6.45) is 1.83. The minimum absolute atomic E-state index is 0. The Morgan fingerprint density at radius 2 is 1.84 bits per heavy atom. The Morgan fingerprint density at radius 3 is 2.52 bits per heavy atom. The van der Waals surface area contributed by atoms with Gasteiger partial charge < -0.3 is 25.4 Å². The largest absolute Gasteiger partial charge is 0.497 e. The van der Waals surface area contributed by atoms with Crippen LogP contribution in [0.2, 0.25) is 0 Å². The third kappa shape index (κ3) is 5.14. The van der Waals surface area contributed by atoms with Crippen LogP contribution in [0.4, 0.5) is 11.4 Å². The molecule has 3 N–H and O–H groups in total. The number of guanidine groups is 2. The number of likely N-dealkylation sites (tertiary alicyclic amines) is 1. The van der Waals surface area contributed by atoms with Gasteiger partial charge in [0.25, 0.3) is 0 Å². The molecule has 0 aromatic heterocycles. The van der Waals surface area contributed by atoms with E-state index in [-0.39, 0.29) is 18.4 Å². The molecule has 0 spiro atoms. The molecule has 0 radical (unpaired) electrons. The predicted molar refractivity (Wildman–Crippen MR) is 128 cm³/mol. The summed E-state index contributed by atoms with van der Waals surface area (Å²) in [6.45, 7) is 4.50. The van der Waals surface area contributed by atoms with Gasteiger partial charge in [-0.1, -0.05) is 6.07 Å². The van der Waals surface area contributed by atoms with Crippen LogP contribution in [0.15, 0.2) is 58.5 Å². The zero-order chi connectivity index (χ0) is 20.9. The van der Waals surface area contributed by atoms with Crippen molar-refractivity contribution in [3.8, 4) is 11.5 Å². The predicted octanol–water partition coefficient (Wildman–Crippen LogP) is 3.50. The number of nitrogens with zero attached hydrogens (tertiary/aromatic N) is 4. The average molecular weight is 445 g/mol. The molecule has 2 aromatic rings. The minimum Gasteiger partial charge on any atom is -0.497 e. The second-order valence-corrected chi connectivity index (χ2v) is 7.14. The molecular weight excluding hydrogens is 416 g/mol. The number of aliphatic imine (C=N–C) groups is 2. The Kier molecular flexibility index (Phi) is 7.46. The number of ether oxygens (including phenoxy) is 2. The van der Waals surface area contributed by atoms with E-state index >= 15 is 0 Å². The number of anilines is 2. The Balaban J connectivity index is 0.00000272. The number of nitrogens with one attached hydrogen (secondary N) is 1. The lowest BCUT2D eigenvalue weighted by Crippen LogP contribution is -2.54. The van der Waals surface area contributed by atoms with E-state index in [0.29, 0.717) is 6.61 Å². The van der Waals surface area contributed by atoms with E-state index in [9.17, 15) is 0 Å². The van der Waals surface area contributed by atoms with Gasteiger partial charge in [-0.25, -0.2) is 4.99 Å². The SMILES string of the molecule is CCOc1ccc(NC2N=C(N)N=C(N3CCCC3)N2c2cccc(OC)c2)cc1.Cl. The molecule has 1 atom stereocenters. The fourth-order valence-corrected chi connectivity index (χ4v) is 3.69. The molecule has 2 heterocycles. The maximum absolute atomic E-state index is 6.12. The quantitative estimate of drug-likeness (QED) is 0.709. The maximum atomic E-state index is 6.12. The lowest BCUT2D eigenvalue weighted by Gasteiger charge is -2.38. The Hall–Kier alpha value is -3.13. The van der Waals surface area contributed by atoms with Crippen LogP contribution in [0.5, 0.6) is 11.5 Å². The second-order valence-electron chi connectivity index (χ2n) is 7.14. The van der Waals surface area contributed by atoms with Crippen LogP contribution >= 0.6 is 12.4 Å². The molecule has 31 heavy (non-hydrogen) atoms. The molecular formula is C22H29ClN6O2. The van der Waals surface area contributed by atoms with Crippen molar-refractivity contribution in [2.45, 2.75) is 26.1 Å². The summed E-state index contributed by atoms with van der Waals surface area (Å²) in [5, 5.41) is 3.47. The zero-order valence-electron chi connectivity index (χ0n) is 17.8. The van der Waals surface area contributed by atoms with Gasteiger partial charge in [-0.2, -0.15) is 4.99 Å². The second kappa shape index (κ2) is 10.3. The topological polar surface area (TPSA) is 87.7 Å². The molecule has 1 unspecified atom stereocenters. The fraction of sp³-hybridized carbons (Fsp3) is 0.364. The number of halogens is 1. The number of rotatable bonds is 6. The van der Waals surface area contributed by atoms with Crippen LogP contribution in [-0.2, 0) is 0 Å². The molecule has 1 saturated heterocycles. The smallest absolute Gasteiger partial charge is 0.222 e. The van der Waals surface area contributed by atoms with E-state index in [4.69, 9.17) is 15.2 Å². The van der Waals surface area contributed by atoms with E-state index in [2.05, 4.69) is 25.1 Å². The summed E-state index contributed by atoms with van der Waals surface area (Å²) in [5.74, 6) is 2.67. The van der Waals surface area contributed by atoms with E-state index in [1.54, 1.807) is 7.11 Å². The summed E-state index contributed by atoms with van der Waals surface area (Å²) >= 11 is 0. The molecule has 0 amide bonds. The Bertz CT molecular complexity index is 928. The van der Waals surface area contributed by atoms with Crippen molar-refractivity contribution >= 4 is 35.7 Å². The van der Waals surface area contributed by atoms with Gasteiger partial charge in [0.1, 0.15) is 11.5 Å². The van der Waals surface area contributed by atoms with E-state index in [0.717, 1.165) is 54.8 Å². The molecule has 0 saturated carbocycles. The van der Waals surface area contributed by atoms with Crippen LogP contribution in [0.25, 0.3) is 0 Å². The van der Waals surface area contributed by atoms with Gasteiger partial charge in [-0.05, 0) is 56.2 Å². The summed E-state index contributed by atoms with van der Waals surface area (Å²) in [7, 11) is 1.66. The average Bonchev–Trinajstić information content (AvgIpc) is 3.30. The third-order valence-corrected chi connectivity index (χ3v) is 5.11. The van der Waals surface area contributed by atoms with Crippen LogP contribution in [0.1, 0.15) is 19.8 Å². The van der Waals surface area contributed by atoms with Gasteiger partial charge >= 0.3 is 0 Å². The molecule has 2 aliphatic rings. The number of nitrogens with two attached hydrogens (primary N) is 1. The molecule has 166 valence electrons. The van der Waals surface area contributed by atoms with Crippen LogP contribution in [0, 0.1) is 0 Å². The first-order valence-electron chi connectivity index (χ1n) is 10.3. The molecule has 2 aromatic carbocycles. The Labute approximate surface area is 189 Å². The lowest BCUT2D eigenvalue weighted by atomic mass is 10.2. The molecule has 0 bridgehead atoms. The highest BCUT2D eigenvalue weighted by molar-refractivity contribution is 6.06. The maximum Gasteiger partial charge on any atom is 0.222 e. The number of hydrogen-bond donors (Lipinski definition) is 2. The van der Waals surface area contributed by atoms with Crippen molar-refractivity contribution in [1.29, 1.82) is 0 Å². The summed E-state index contributed by atoms with van der Waals surface area (Å²) in [4.78, 5) is 13.5. The fourth-order valence-electron chi connectivity index (χ4n) is 3.69. The van der Waals surface area contributed by atoms with Crippen molar-refractivity contribution < 1.29 is 9.47 Å². The first-order chi connectivity index (χ1) is 14.7. The van der Waals surface area contributed by atoms with Gasteiger partial charge in [-0.15, -0.1) is 12.4 Å². The first-order valence-corrected chi connectivity index (χ1v) is 10.3. The molecule has 4 rings (SSSR count). The highest BCUT2D eigenvalue weighted by Crippen LogP contribution is 2.28. The number of methoxy groups -OCH3 is 1. The standard InChI is InChI=1S/C22H28N6O2.ClH/c1-3-30-18-11-9-16(10-12-18)24-21-25-20(23)26-22(27-13-4-5-14-27)28(21)17-7-6-8-19(15-17)29-2;/h6-12,15,21,24H,3-5,13-14H2,1-2H3,(H2,23,25);1H. The normalized spacial score (nSPS) is 18.1. The van der Waals surface area contributed by atoms with Crippen molar-refractivity contribution in [3.05, 3.63) is 48.5 Å². The van der Waals surface area contributed by atoms with E-state index in [1.807, 2.05) is 55.5 Å². The minimum atomic E-state index is -0.442. The molecule has 0 aliphatic carbocycles. The van der Waals surface area contributed by atoms with Crippen molar-refractivity contribution in [2.24, 2.45) is 15.7 Å². The molecule has 1 fully saturated rings. The highest BCUT2D eigenvalue weighted by atomic mass is 35.5. The van der Waals surface area contributed by atoms with Gasteiger partial charge in [0.2, 0.25) is 18.2 Å². The van der Waals surface area contributed by atoms with Crippen LogP contribution in [-0.4, -0.2) is 49.9 Å². The number of hydrogen-bond acceptors (Lipinski definition) is 8. The van der Waals surface area contributed by atoms with E-state index < -0.39 is 6.29 Å². The van der Waals surface area contributed by atoms with Gasteiger partial charge in [0.15, 0.2) is 0 Å². The summed E-state index contributed by atoms with van der Waals surface area (Å²) in [6, 6.07) is 15.7. The molecule has 8 nitrogen and oxygen atoms in total. The van der Waals surface area contributed by atoms with Gasteiger partial charge in [0.05, 0.1) is 19.4 Å². The molecule has 9 heteroatoms. The summed E-state index contributed by atoms with van der Waals surface area (Å²) in [5.41, 5.74) is 7.96. The van der Waals surface area contributed by atoms with Crippen LogP contribution < -0.4 is 25.4 Å². The van der Waals surface area contributed by atoms with Crippen molar-refractivity contribution in [1.82, 2.24) is 4.90 Å². The molecule has 2 aliphatic heterocycles.